The highest BCUT2D eigenvalue weighted by molar-refractivity contribution is 9.10. The van der Waals surface area contributed by atoms with Crippen LogP contribution in [0, 0.1) is 0 Å². The van der Waals surface area contributed by atoms with Crippen LogP contribution in [0.2, 0.25) is 0 Å². The number of hydrogen-bond acceptors (Lipinski definition) is 3. The highest BCUT2D eigenvalue weighted by Crippen LogP contribution is 2.16. The molecule has 0 aliphatic carbocycles. The van der Waals surface area contributed by atoms with E-state index in [2.05, 4.69) is 57.1 Å². The topological polar surface area (TPSA) is 28.2 Å². The molecule has 2 heterocycles. The largest absolute Gasteiger partial charge is 0.311 e. The molecule has 2 atom stereocenters. The van der Waals surface area contributed by atoms with Crippen molar-refractivity contribution in [2.45, 2.75) is 45.3 Å². The first-order valence-corrected chi connectivity index (χ1v) is 7.60. The predicted molar refractivity (Wildman–Crippen MR) is 78.5 cm³/mol. The van der Waals surface area contributed by atoms with E-state index in [9.17, 15) is 0 Å². The molecule has 1 fully saturated rings. The third-order valence-electron chi connectivity index (χ3n) is 3.73. The van der Waals surface area contributed by atoms with Crippen molar-refractivity contribution in [3.63, 3.8) is 0 Å². The molecule has 3 nitrogen and oxygen atoms in total. The number of aromatic nitrogens is 1. The van der Waals surface area contributed by atoms with Gasteiger partial charge in [-0.05, 0) is 40.9 Å². The van der Waals surface area contributed by atoms with Gasteiger partial charge in [0, 0.05) is 42.4 Å². The molecule has 1 aromatic rings. The Kier molecular flexibility index (Phi) is 5.15. The van der Waals surface area contributed by atoms with Crippen LogP contribution >= 0.6 is 15.9 Å². The molecule has 2 unspecified atom stereocenters. The molecule has 0 aromatic carbocycles. The van der Waals surface area contributed by atoms with Crippen LogP contribution in [0.25, 0.3) is 0 Å². The van der Waals surface area contributed by atoms with E-state index in [4.69, 9.17) is 0 Å². The Morgan fingerprint density at radius 2 is 2.22 bits per heavy atom. The predicted octanol–water partition coefficient (Wildman–Crippen LogP) is 2.81. The van der Waals surface area contributed by atoms with Crippen molar-refractivity contribution in [3.8, 4) is 0 Å². The molecule has 100 valence electrons. The fourth-order valence-electron chi connectivity index (χ4n) is 2.51. The van der Waals surface area contributed by atoms with Crippen LogP contribution in [0.4, 0.5) is 0 Å². The number of pyridine rings is 1. The molecule has 0 saturated carbocycles. The Hall–Kier alpha value is -0.450. The summed E-state index contributed by atoms with van der Waals surface area (Å²) in [5.41, 5.74) is 1.16. The van der Waals surface area contributed by atoms with E-state index in [-0.39, 0.29) is 0 Å². The zero-order chi connectivity index (χ0) is 13.0. The molecule has 1 aromatic heterocycles. The Morgan fingerprint density at radius 1 is 1.39 bits per heavy atom. The Morgan fingerprint density at radius 3 is 2.83 bits per heavy atom. The number of hydrogen-bond donors (Lipinski definition) is 1. The second-order valence-corrected chi connectivity index (χ2v) is 5.89. The molecule has 1 N–H and O–H groups in total. The lowest BCUT2D eigenvalue weighted by atomic mass is 10.0. The van der Waals surface area contributed by atoms with Crippen LogP contribution in [-0.2, 0) is 6.54 Å². The summed E-state index contributed by atoms with van der Waals surface area (Å²) in [4.78, 5) is 7.05. The number of nitrogens with one attached hydrogen (secondary N) is 1. The second kappa shape index (κ2) is 6.64. The van der Waals surface area contributed by atoms with Gasteiger partial charge >= 0.3 is 0 Å². The smallest absolute Gasteiger partial charge is 0.0544 e. The molecular formula is C14H22BrN3. The zero-order valence-corrected chi connectivity index (χ0v) is 12.8. The minimum atomic E-state index is 0.628. The van der Waals surface area contributed by atoms with Gasteiger partial charge in [0.15, 0.2) is 0 Å². The average Bonchev–Trinajstić information content (AvgIpc) is 2.41. The van der Waals surface area contributed by atoms with E-state index < -0.39 is 0 Å². The highest BCUT2D eigenvalue weighted by atomic mass is 79.9. The minimum absolute atomic E-state index is 0.628. The first-order chi connectivity index (χ1) is 8.72. The fraction of sp³-hybridized carbons (Fsp3) is 0.643. The Labute approximate surface area is 118 Å². The van der Waals surface area contributed by atoms with Gasteiger partial charge in [0.1, 0.15) is 0 Å². The molecule has 0 radical (unpaired) electrons. The summed E-state index contributed by atoms with van der Waals surface area (Å²) in [7, 11) is 0. The highest BCUT2D eigenvalue weighted by Gasteiger charge is 2.25. The van der Waals surface area contributed by atoms with Gasteiger partial charge in [0.05, 0.1) is 5.69 Å². The fourth-order valence-corrected chi connectivity index (χ4v) is 2.74. The van der Waals surface area contributed by atoms with E-state index in [0.29, 0.717) is 12.1 Å². The van der Waals surface area contributed by atoms with Gasteiger partial charge in [-0.15, -0.1) is 0 Å². The second-order valence-electron chi connectivity index (χ2n) is 4.97. The third kappa shape index (κ3) is 3.53. The lowest BCUT2D eigenvalue weighted by Crippen LogP contribution is -2.55. The maximum atomic E-state index is 4.48. The van der Waals surface area contributed by atoms with Crippen LogP contribution < -0.4 is 5.32 Å². The molecule has 4 heteroatoms. The van der Waals surface area contributed by atoms with Crippen LogP contribution in [0.1, 0.15) is 32.4 Å². The van der Waals surface area contributed by atoms with Crippen molar-refractivity contribution in [1.82, 2.24) is 15.2 Å². The Balaban J connectivity index is 2.02. The summed E-state index contributed by atoms with van der Waals surface area (Å²) < 4.78 is 1.05. The standard InChI is InChI=1S/C14H22BrN3/c1-3-12-9-18(14(4-2)8-17-12)10-13-6-5-11(15)7-16-13/h5-7,12,14,17H,3-4,8-10H2,1-2H3. The quantitative estimate of drug-likeness (QED) is 0.927. The monoisotopic (exact) mass is 311 g/mol. The van der Waals surface area contributed by atoms with Crippen molar-refractivity contribution in [2.24, 2.45) is 0 Å². The Bertz CT molecular complexity index is 366. The molecule has 1 saturated heterocycles. The van der Waals surface area contributed by atoms with Crippen LogP contribution in [-0.4, -0.2) is 35.1 Å². The number of rotatable bonds is 4. The normalized spacial score (nSPS) is 25.3. The summed E-state index contributed by atoms with van der Waals surface area (Å²) >= 11 is 3.43. The number of halogens is 1. The van der Waals surface area contributed by atoms with E-state index in [0.717, 1.165) is 29.8 Å². The molecule has 2 rings (SSSR count). The van der Waals surface area contributed by atoms with Crippen LogP contribution in [0.3, 0.4) is 0 Å². The summed E-state index contributed by atoms with van der Waals surface area (Å²) in [6, 6.07) is 5.45. The summed E-state index contributed by atoms with van der Waals surface area (Å²) in [5.74, 6) is 0. The molecule has 18 heavy (non-hydrogen) atoms. The summed E-state index contributed by atoms with van der Waals surface area (Å²) in [6.45, 7) is 7.71. The third-order valence-corrected chi connectivity index (χ3v) is 4.20. The van der Waals surface area contributed by atoms with Gasteiger partial charge in [-0.3, -0.25) is 9.88 Å². The van der Waals surface area contributed by atoms with Crippen LogP contribution in [0.15, 0.2) is 22.8 Å². The lowest BCUT2D eigenvalue weighted by molar-refractivity contribution is 0.116. The maximum absolute atomic E-state index is 4.48. The molecule has 0 spiro atoms. The zero-order valence-electron chi connectivity index (χ0n) is 11.2. The molecule has 0 amide bonds. The molecular weight excluding hydrogens is 290 g/mol. The van der Waals surface area contributed by atoms with Crippen molar-refractivity contribution in [1.29, 1.82) is 0 Å². The number of nitrogens with zero attached hydrogens (tertiary/aromatic N) is 2. The number of piperazine rings is 1. The molecule has 1 aliphatic heterocycles. The van der Waals surface area contributed by atoms with E-state index in [1.54, 1.807) is 0 Å². The maximum Gasteiger partial charge on any atom is 0.0544 e. The van der Waals surface area contributed by atoms with Gasteiger partial charge in [-0.2, -0.15) is 0 Å². The first kappa shape index (κ1) is 14.0. The minimum Gasteiger partial charge on any atom is -0.311 e. The average molecular weight is 312 g/mol. The van der Waals surface area contributed by atoms with Crippen molar-refractivity contribution < 1.29 is 0 Å². The van der Waals surface area contributed by atoms with Crippen molar-refractivity contribution in [3.05, 3.63) is 28.5 Å². The van der Waals surface area contributed by atoms with Gasteiger partial charge < -0.3 is 5.32 Å². The van der Waals surface area contributed by atoms with Gasteiger partial charge in [-0.1, -0.05) is 13.8 Å². The summed E-state index contributed by atoms with van der Waals surface area (Å²) in [6.07, 6.45) is 4.27. The molecule has 1 aliphatic rings. The van der Waals surface area contributed by atoms with E-state index in [1.807, 2.05) is 6.20 Å². The first-order valence-electron chi connectivity index (χ1n) is 6.80. The van der Waals surface area contributed by atoms with Gasteiger partial charge in [0.2, 0.25) is 0 Å². The van der Waals surface area contributed by atoms with Crippen molar-refractivity contribution >= 4 is 15.9 Å². The van der Waals surface area contributed by atoms with Crippen molar-refractivity contribution in [2.75, 3.05) is 13.1 Å². The van der Waals surface area contributed by atoms with Crippen LogP contribution in [0.5, 0.6) is 0 Å². The molecule has 0 bridgehead atoms. The lowest BCUT2D eigenvalue weighted by Gasteiger charge is -2.39. The van der Waals surface area contributed by atoms with Gasteiger partial charge in [0.25, 0.3) is 0 Å². The summed E-state index contributed by atoms with van der Waals surface area (Å²) in [5, 5.41) is 3.63. The SMILES string of the molecule is CCC1CN(Cc2ccc(Br)cn2)C(CC)CN1. The van der Waals surface area contributed by atoms with E-state index >= 15 is 0 Å². The van der Waals surface area contributed by atoms with E-state index in [1.165, 1.54) is 12.8 Å². The van der Waals surface area contributed by atoms with Gasteiger partial charge in [-0.25, -0.2) is 0 Å².